The summed E-state index contributed by atoms with van der Waals surface area (Å²) in [5, 5.41) is 0. The van der Waals surface area contributed by atoms with E-state index in [1.165, 1.54) is 12.3 Å². The summed E-state index contributed by atoms with van der Waals surface area (Å²) in [6.45, 7) is 5.53. The van der Waals surface area contributed by atoms with Crippen molar-refractivity contribution in [2.24, 2.45) is 0 Å². The van der Waals surface area contributed by atoms with Crippen LogP contribution in [0, 0.1) is 19.8 Å². The fourth-order valence-corrected chi connectivity index (χ4v) is 1.99. The summed E-state index contributed by atoms with van der Waals surface area (Å²) in [7, 11) is 0. The van der Waals surface area contributed by atoms with Crippen LogP contribution in [-0.4, -0.2) is 22.5 Å². The zero-order valence-corrected chi connectivity index (χ0v) is 11.6. The molecule has 0 bridgehead atoms. The number of carbonyl (C=O) groups excluding carboxylic acids is 1. The van der Waals surface area contributed by atoms with Crippen LogP contribution >= 0.6 is 0 Å². The first-order chi connectivity index (χ1) is 9.52. The molecule has 4 nitrogen and oxygen atoms in total. The van der Waals surface area contributed by atoms with Gasteiger partial charge in [-0.1, -0.05) is 0 Å². The number of pyridine rings is 2. The van der Waals surface area contributed by atoms with Crippen LogP contribution in [0.2, 0.25) is 0 Å². The Morgan fingerprint density at radius 2 is 2.10 bits per heavy atom. The molecule has 0 N–H and O–H groups in total. The van der Waals surface area contributed by atoms with Gasteiger partial charge in [0.05, 0.1) is 6.61 Å². The third kappa shape index (κ3) is 2.82. The molecule has 20 heavy (non-hydrogen) atoms. The summed E-state index contributed by atoms with van der Waals surface area (Å²) in [5.74, 6) is -1.08. The van der Waals surface area contributed by atoms with Gasteiger partial charge in [0.1, 0.15) is 5.69 Å². The Hall–Kier alpha value is -2.30. The van der Waals surface area contributed by atoms with Crippen LogP contribution in [0.25, 0.3) is 11.1 Å². The molecule has 0 atom stereocenters. The first-order valence-electron chi connectivity index (χ1n) is 6.30. The first kappa shape index (κ1) is 14.1. The molecule has 0 fully saturated rings. The van der Waals surface area contributed by atoms with Gasteiger partial charge in [-0.15, -0.1) is 0 Å². The molecule has 0 aromatic carbocycles. The van der Waals surface area contributed by atoms with Crippen LogP contribution in [0.3, 0.4) is 0 Å². The first-order valence-corrected chi connectivity index (χ1v) is 6.30. The van der Waals surface area contributed by atoms with Crippen LogP contribution in [0.15, 0.2) is 24.4 Å². The fraction of sp³-hybridized carbons (Fsp3) is 0.267. The van der Waals surface area contributed by atoms with Gasteiger partial charge in [0, 0.05) is 17.5 Å². The normalized spacial score (nSPS) is 10.4. The quantitative estimate of drug-likeness (QED) is 0.637. The Morgan fingerprint density at radius 3 is 2.75 bits per heavy atom. The molecule has 0 saturated heterocycles. The maximum atomic E-state index is 13.9. The number of halogens is 1. The molecular weight excluding hydrogens is 259 g/mol. The van der Waals surface area contributed by atoms with Gasteiger partial charge < -0.3 is 4.74 Å². The van der Waals surface area contributed by atoms with Crippen molar-refractivity contribution in [3.05, 3.63) is 47.3 Å². The summed E-state index contributed by atoms with van der Waals surface area (Å²) < 4.78 is 18.8. The molecule has 0 unspecified atom stereocenters. The van der Waals surface area contributed by atoms with Gasteiger partial charge >= 0.3 is 5.97 Å². The van der Waals surface area contributed by atoms with E-state index in [1.54, 1.807) is 32.9 Å². The van der Waals surface area contributed by atoms with Crippen LogP contribution in [-0.2, 0) is 4.74 Å². The topological polar surface area (TPSA) is 52.1 Å². The molecule has 2 heterocycles. The summed E-state index contributed by atoms with van der Waals surface area (Å²) in [5.41, 5.74) is 2.49. The van der Waals surface area contributed by atoms with Gasteiger partial charge in [0.2, 0.25) is 5.95 Å². The lowest BCUT2D eigenvalue weighted by Gasteiger charge is -2.09. The third-order valence-electron chi connectivity index (χ3n) is 2.84. The second-order valence-corrected chi connectivity index (χ2v) is 4.40. The Bertz CT molecular complexity index is 636. The van der Waals surface area contributed by atoms with E-state index in [2.05, 4.69) is 9.97 Å². The van der Waals surface area contributed by atoms with E-state index >= 15 is 0 Å². The van der Waals surface area contributed by atoms with Crippen molar-refractivity contribution in [3.63, 3.8) is 0 Å². The van der Waals surface area contributed by atoms with E-state index in [1.807, 2.05) is 0 Å². The molecule has 5 heteroatoms. The van der Waals surface area contributed by atoms with E-state index in [-0.39, 0.29) is 12.3 Å². The number of carbonyl (C=O) groups is 1. The van der Waals surface area contributed by atoms with Crippen molar-refractivity contribution in [2.45, 2.75) is 20.8 Å². The number of aromatic nitrogens is 2. The fourth-order valence-electron chi connectivity index (χ4n) is 1.99. The maximum absolute atomic E-state index is 13.9. The highest BCUT2D eigenvalue weighted by molar-refractivity contribution is 5.89. The van der Waals surface area contributed by atoms with Crippen molar-refractivity contribution in [1.29, 1.82) is 0 Å². The predicted molar refractivity (Wildman–Crippen MR) is 72.9 cm³/mol. The zero-order valence-electron chi connectivity index (χ0n) is 11.6. The minimum atomic E-state index is -0.564. The highest BCUT2D eigenvalue weighted by Gasteiger charge is 2.15. The smallest absolute Gasteiger partial charge is 0.356 e. The summed E-state index contributed by atoms with van der Waals surface area (Å²) in [6, 6.07) is 4.96. The van der Waals surface area contributed by atoms with Crippen molar-refractivity contribution in [3.8, 4) is 11.1 Å². The summed E-state index contributed by atoms with van der Waals surface area (Å²) in [4.78, 5) is 19.5. The number of aryl methyl sites for hydroxylation is 2. The Kier molecular flexibility index (Phi) is 4.08. The average Bonchev–Trinajstić information content (AvgIpc) is 2.38. The Morgan fingerprint density at radius 1 is 1.35 bits per heavy atom. The molecule has 0 radical (unpaired) electrons. The number of ether oxygens (including phenoxy) is 1. The van der Waals surface area contributed by atoms with Crippen LogP contribution < -0.4 is 0 Å². The van der Waals surface area contributed by atoms with Gasteiger partial charge in [-0.05, 0) is 50.1 Å². The molecule has 0 saturated carbocycles. The summed E-state index contributed by atoms with van der Waals surface area (Å²) in [6.07, 6.45) is 1.41. The SMILES string of the molecule is CCOC(=O)c1cc(-c2c(C)ccnc2F)cc(C)n1. The molecular formula is C15H15FN2O2. The number of rotatable bonds is 3. The van der Waals surface area contributed by atoms with Gasteiger partial charge in [-0.25, -0.2) is 14.8 Å². The van der Waals surface area contributed by atoms with Gasteiger partial charge in [0.15, 0.2) is 0 Å². The number of hydrogen-bond donors (Lipinski definition) is 0. The van der Waals surface area contributed by atoms with Crippen LogP contribution in [0.5, 0.6) is 0 Å². The molecule has 0 aliphatic heterocycles. The van der Waals surface area contributed by atoms with E-state index in [4.69, 9.17) is 4.74 Å². The Labute approximate surface area is 116 Å². The number of hydrogen-bond acceptors (Lipinski definition) is 4. The third-order valence-corrected chi connectivity index (χ3v) is 2.84. The molecule has 2 aromatic heterocycles. The summed E-state index contributed by atoms with van der Waals surface area (Å²) >= 11 is 0. The van der Waals surface area contributed by atoms with Gasteiger partial charge in [0.25, 0.3) is 0 Å². The lowest BCUT2D eigenvalue weighted by atomic mass is 10.0. The minimum Gasteiger partial charge on any atom is -0.461 e. The molecule has 0 aliphatic carbocycles. The van der Waals surface area contributed by atoms with E-state index < -0.39 is 11.9 Å². The molecule has 0 aliphatic rings. The standard InChI is InChI=1S/C15H15FN2O2/c1-4-20-15(19)12-8-11(7-10(3)18-12)13-9(2)5-6-17-14(13)16/h5-8H,4H2,1-3H3. The number of esters is 1. The van der Waals surface area contributed by atoms with Crippen molar-refractivity contribution in [1.82, 2.24) is 9.97 Å². The van der Waals surface area contributed by atoms with Crippen molar-refractivity contribution < 1.29 is 13.9 Å². The van der Waals surface area contributed by atoms with E-state index in [0.29, 0.717) is 16.8 Å². The predicted octanol–water partition coefficient (Wildman–Crippen LogP) is 3.08. The lowest BCUT2D eigenvalue weighted by Crippen LogP contribution is -2.08. The lowest BCUT2D eigenvalue weighted by molar-refractivity contribution is 0.0519. The molecule has 104 valence electrons. The van der Waals surface area contributed by atoms with Crippen molar-refractivity contribution >= 4 is 5.97 Å². The van der Waals surface area contributed by atoms with Crippen molar-refractivity contribution in [2.75, 3.05) is 6.61 Å². The average molecular weight is 274 g/mol. The van der Waals surface area contributed by atoms with Crippen LogP contribution in [0.4, 0.5) is 4.39 Å². The minimum absolute atomic E-state index is 0.171. The molecule has 2 aromatic rings. The maximum Gasteiger partial charge on any atom is 0.356 e. The highest BCUT2D eigenvalue weighted by Crippen LogP contribution is 2.26. The second kappa shape index (κ2) is 5.77. The van der Waals surface area contributed by atoms with E-state index in [0.717, 1.165) is 5.56 Å². The second-order valence-electron chi connectivity index (χ2n) is 4.40. The molecule has 0 amide bonds. The van der Waals surface area contributed by atoms with Crippen LogP contribution in [0.1, 0.15) is 28.7 Å². The molecule has 2 rings (SSSR count). The van der Waals surface area contributed by atoms with Gasteiger partial charge in [-0.2, -0.15) is 4.39 Å². The van der Waals surface area contributed by atoms with Gasteiger partial charge in [-0.3, -0.25) is 0 Å². The Balaban J connectivity index is 2.55. The number of nitrogens with zero attached hydrogens (tertiary/aromatic N) is 2. The largest absolute Gasteiger partial charge is 0.461 e. The zero-order chi connectivity index (χ0) is 14.7. The highest BCUT2D eigenvalue weighted by atomic mass is 19.1. The monoisotopic (exact) mass is 274 g/mol. The van der Waals surface area contributed by atoms with E-state index in [9.17, 15) is 9.18 Å². The molecule has 0 spiro atoms.